The van der Waals surface area contributed by atoms with Gasteiger partial charge >= 0.3 is 12.2 Å². The molecule has 0 radical (unpaired) electrons. The Kier molecular flexibility index (Phi) is 6.43. The van der Waals surface area contributed by atoms with Gasteiger partial charge in [0.15, 0.2) is 0 Å². The second kappa shape index (κ2) is 9.44. The van der Waals surface area contributed by atoms with Gasteiger partial charge in [0.2, 0.25) is 0 Å². The zero-order chi connectivity index (χ0) is 24.3. The molecule has 0 fully saturated rings. The highest BCUT2D eigenvalue weighted by atomic mass is 19.4. The number of hydrogen-bond acceptors (Lipinski definition) is 2. The van der Waals surface area contributed by atoms with E-state index < -0.39 is 17.8 Å². The van der Waals surface area contributed by atoms with Gasteiger partial charge in [-0.25, -0.2) is 4.79 Å². The molecule has 1 aromatic heterocycles. The molecule has 0 aliphatic heterocycles. The number of carbonyl (C=O) groups excluding carboxylic acids is 1. The molecule has 5 nitrogen and oxygen atoms in total. The highest BCUT2D eigenvalue weighted by Gasteiger charge is 2.30. The molecule has 3 aromatic carbocycles. The smallest absolute Gasteiger partial charge is 0.380 e. The summed E-state index contributed by atoms with van der Waals surface area (Å²) in [5.74, 6) is 0. The van der Waals surface area contributed by atoms with Gasteiger partial charge in [-0.2, -0.15) is 13.2 Å². The standard InChI is InChI=1S/C26H22F3N3O2/c1-3-32(21-10-8-20(9-11-21)26(27,28)29)25(33)31-24-15-30-23-12-7-19(14-22(23)24)18-6-4-5-17(13-18)16-34-2/h3-15,30H,1,16H2,2H3,(H,31,33). The van der Waals surface area contributed by atoms with Crippen molar-refractivity contribution in [2.24, 2.45) is 0 Å². The molecule has 0 aliphatic rings. The summed E-state index contributed by atoms with van der Waals surface area (Å²) in [5, 5.41) is 3.60. The van der Waals surface area contributed by atoms with E-state index in [9.17, 15) is 18.0 Å². The number of fused-ring (bicyclic) bond motifs is 1. The Hall–Kier alpha value is -4.04. The second-order valence-corrected chi connectivity index (χ2v) is 7.62. The molecule has 34 heavy (non-hydrogen) atoms. The average Bonchev–Trinajstić information content (AvgIpc) is 3.21. The van der Waals surface area contributed by atoms with E-state index in [4.69, 9.17) is 4.74 Å². The monoisotopic (exact) mass is 465 g/mol. The molecular formula is C26H22F3N3O2. The van der Waals surface area contributed by atoms with Crippen LogP contribution in [0.4, 0.5) is 29.3 Å². The SMILES string of the molecule is C=CN(C(=O)Nc1c[nH]c2ccc(-c3cccc(COC)c3)cc12)c1ccc(C(F)(F)F)cc1. The fourth-order valence-electron chi connectivity index (χ4n) is 3.70. The Morgan fingerprint density at radius 1 is 1.09 bits per heavy atom. The first-order valence-electron chi connectivity index (χ1n) is 10.4. The van der Waals surface area contributed by atoms with Gasteiger partial charge in [0.25, 0.3) is 0 Å². The van der Waals surface area contributed by atoms with Crippen LogP contribution in [0.5, 0.6) is 0 Å². The second-order valence-electron chi connectivity index (χ2n) is 7.62. The summed E-state index contributed by atoms with van der Waals surface area (Å²) >= 11 is 0. The van der Waals surface area contributed by atoms with Gasteiger partial charge < -0.3 is 15.0 Å². The topological polar surface area (TPSA) is 57.4 Å². The van der Waals surface area contributed by atoms with Crippen LogP contribution < -0.4 is 10.2 Å². The number of urea groups is 1. The van der Waals surface area contributed by atoms with E-state index in [1.807, 2.05) is 42.5 Å². The molecule has 4 rings (SSSR count). The molecule has 4 aromatic rings. The molecule has 0 saturated heterocycles. The quantitative estimate of drug-likeness (QED) is 0.317. The normalized spacial score (nSPS) is 11.4. The third-order valence-corrected chi connectivity index (χ3v) is 5.37. The summed E-state index contributed by atoms with van der Waals surface area (Å²) in [6.07, 6.45) is -1.54. The lowest BCUT2D eigenvalue weighted by Crippen LogP contribution is -2.30. The molecule has 0 aliphatic carbocycles. The average molecular weight is 465 g/mol. The Bertz CT molecular complexity index is 1330. The maximum Gasteiger partial charge on any atom is 0.416 e. The maximum atomic E-state index is 12.9. The molecule has 1 heterocycles. The summed E-state index contributed by atoms with van der Waals surface area (Å²) in [7, 11) is 1.64. The summed E-state index contributed by atoms with van der Waals surface area (Å²) in [4.78, 5) is 17.2. The zero-order valence-corrected chi connectivity index (χ0v) is 18.3. The van der Waals surface area contributed by atoms with E-state index in [1.54, 1.807) is 13.3 Å². The predicted octanol–water partition coefficient (Wildman–Crippen LogP) is 7.18. The minimum Gasteiger partial charge on any atom is -0.380 e. The van der Waals surface area contributed by atoms with E-state index in [0.29, 0.717) is 12.3 Å². The summed E-state index contributed by atoms with van der Waals surface area (Å²) in [5.41, 5.74) is 3.84. The first-order valence-corrected chi connectivity index (χ1v) is 10.4. The number of carbonyl (C=O) groups is 1. The summed E-state index contributed by atoms with van der Waals surface area (Å²) < 4.78 is 43.8. The van der Waals surface area contributed by atoms with Crippen LogP contribution in [-0.4, -0.2) is 18.1 Å². The van der Waals surface area contributed by atoms with Crippen LogP contribution in [0.2, 0.25) is 0 Å². The highest BCUT2D eigenvalue weighted by molar-refractivity contribution is 6.08. The number of alkyl halides is 3. The number of nitrogens with one attached hydrogen (secondary N) is 2. The van der Waals surface area contributed by atoms with E-state index >= 15 is 0 Å². The number of H-pyrrole nitrogens is 1. The van der Waals surface area contributed by atoms with Crippen molar-refractivity contribution in [1.29, 1.82) is 0 Å². The number of rotatable bonds is 6. The number of benzene rings is 3. The van der Waals surface area contributed by atoms with Gasteiger partial charge in [-0.1, -0.05) is 30.8 Å². The highest BCUT2D eigenvalue weighted by Crippen LogP contribution is 2.32. The number of nitrogens with zero attached hydrogens (tertiary/aromatic N) is 1. The summed E-state index contributed by atoms with van der Waals surface area (Å²) in [6.45, 7) is 4.13. The van der Waals surface area contributed by atoms with Crippen molar-refractivity contribution in [3.63, 3.8) is 0 Å². The van der Waals surface area contributed by atoms with Crippen LogP contribution in [0.1, 0.15) is 11.1 Å². The number of ether oxygens (including phenoxy) is 1. The van der Waals surface area contributed by atoms with Gasteiger partial charge in [0.1, 0.15) is 0 Å². The maximum absolute atomic E-state index is 12.9. The van der Waals surface area contributed by atoms with Gasteiger partial charge in [-0.05, 0) is 59.2 Å². The lowest BCUT2D eigenvalue weighted by molar-refractivity contribution is -0.137. The third kappa shape index (κ3) is 4.82. The van der Waals surface area contributed by atoms with Crippen LogP contribution in [0, 0.1) is 0 Å². The fourth-order valence-corrected chi connectivity index (χ4v) is 3.70. The number of anilines is 2. The third-order valence-electron chi connectivity index (χ3n) is 5.37. The number of halogens is 3. The molecular weight excluding hydrogens is 443 g/mol. The molecule has 8 heteroatoms. The van der Waals surface area contributed by atoms with Crippen LogP contribution in [0.25, 0.3) is 22.0 Å². The Morgan fingerprint density at radius 2 is 1.82 bits per heavy atom. The van der Waals surface area contributed by atoms with Crippen molar-refractivity contribution in [2.45, 2.75) is 12.8 Å². The Labute approximate surface area is 194 Å². The van der Waals surface area contributed by atoms with E-state index in [2.05, 4.69) is 16.9 Å². The lowest BCUT2D eigenvalue weighted by Gasteiger charge is -2.19. The van der Waals surface area contributed by atoms with Gasteiger partial charge in [0.05, 0.1) is 23.5 Å². The van der Waals surface area contributed by atoms with Crippen molar-refractivity contribution in [2.75, 3.05) is 17.3 Å². The van der Waals surface area contributed by atoms with E-state index in [1.165, 1.54) is 18.3 Å². The van der Waals surface area contributed by atoms with Crippen LogP contribution in [0.3, 0.4) is 0 Å². The predicted molar refractivity (Wildman–Crippen MR) is 128 cm³/mol. The number of aromatic amines is 1. The molecule has 2 N–H and O–H groups in total. The number of methoxy groups -OCH3 is 1. The van der Waals surface area contributed by atoms with E-state index in [-0.39, 0.29) is 5.69 Å². The Morgan fingerprint density at radius 3 is 2.50 bits per heavy atom. The molecule has 0 bridgehead atoms. The number of hydrogen-bond donors (Lipinski definition) is 2. The molecule has 0 atom stereocenters. The zero-order valence-electron chi connectivity index (χ0n) is 18.3. The molecule has 0 unspecified atom stereocenters. The Balaban J connectivity index is 1.60. The van der Waals surface area contributed by atoms with Crippen molar-refractivity contribution >= 4 is 28.3 Å². The minimum absolute atomic E-state index is 0.260. The largest absolute Gasteiger partial charge is 0.416 e. The van der Waals surface area contributed by atoms with Crippen molar-refractivity contribution in [3.8, 4) is 11.1 Å². The number of aromatic nitrogens is 1. The molecule has 0 saturated carbocycles. The molecule has 174 valence electrons. The van der Waals surface area contributed by atoms with Gasteiger partial charge in [-0.15, -0.1) is 0 Å². The first kappa shape index (κ1) is 23.1. The van der Waals surface area contributed by atoms with Crippen LogP contribution in [-0.2, 0) is 17.5 Å². The van der Waals surface area contributed by atoms with E-state index in [0.717, 1.165) is 44.6 Å². The van der Waals surface area contributed by atoms with Crippen molar-refractivity contribution in [1.82, 2.24) is 4.98 Å². The van der Waals surface area contributed by atoms with Gasteiger partial charge in [-0.3, -0.25) is 4.90 Å². The van der Waals surface area contributed by atoms with Crippen LogP contribution in [0.15, 0.2) is 85.7 Å². The van der Waals surface area contributed by atoms with Crippen LogP contribution >= 0.6 is 0 Å². The molecule has 0 spiro atoms. The summed E-state index contributed by atoms with van der Waals surface area (Å²) in [6, 6.07) is 17.6. The van der Waals surface area contributed by atoms with Gasteiger partial charge in [0, 0.05) is 30.4 Å². The lowest BCUT2D eigenvalue weighted by atomic mass is 10.0. The number of amides is 2. The molecule has 2 amide bonds. The minimum atomic E-state index is -4.45. The fraction of sp³-hybridized carbons (Fsp3) is 0.115. The first-order chi connectivity index (χ1) is 16.3. The van der Waals surface area contributed by atoms with Crippen molar-refractivity contribution < 1.29 is 22.7 Å². The van der Waals surface area contributed by atoms with Crippen molar-refractivity contribution in [3.05, 3.63) is 96.8 Å².